The van der Waals surface area contributed by atoms with Gasteiger partial charge in [-0.1, -0.05) is 18.2 Å². The number of nitrogens with zero attached hydrogens (tertiary/aromatic N) is 5. The molecule has 1 aliphatic heterocycles. The minimum Gasteiger partial charge on any atom is -0.494 e. The van der Waals surface area contributed by atoms with E-state index in [9.17, 15) is 8.78 Å². The van der Waals surface area contributed by atoms with Crippen LogP contribution in [0.15, 0.2) is 67.1 Å². The van der Waals surface area contributed by atoms with Crippen LogP contribution < -0.4 is 20.1 Å². The number of halogens is 2. The molecule has 0 bridgehead atoms. The third-order valence-corrected chi connectivity index (χ3v) is 6.73. The number of nitrogens with one attached hydrogen (secondary N) is 2. The summed E-state index contributed by atoms with van der Waals surface area (Å²) in [6, 6.07) is 13.4. The second-order valence-electron chi connectivity index (χ2n) is 9.60. The van der Waals surface area contributed by atoms with Crippen LogP contribution in [0.2, 0.25) is 0 Å². The Labute approximate surface area is 240 Å². The molecule has 5 aromatic rings. The molecule has 3 aromatic heterocycles. The van der Waals surface area contributed by atoms with E-state index in [1.807, 2.05) is 36.4 Å². The third-order valence-electron chi connectivity index (χ3n) is 6.73. The highest BCUT2D eigenvalue weighted by Crippen LogP contribution is 2.32. The SMILES string of the molecule is CCOc1cc(F)c(Cn2nc(-c3ncc(OCC4CNCCO4)c(Nc4ccncc4)n3)c3ccccc32)c(F)c1. The first-order valence-corrected chi connectivity index (χ1v) is 13.6. The van der Waals surface area contributed by atoms with E-state index in [2.05, 4.69) is 20.6 Å². The molecule has 0 amide bonds. The topological polar surface area (TPSA) is 108 Å². The van der Waals surface area contributed by atoms with Gasteiger partial charge in [-0.25, -0.2) is 18.7 Å². The van der Waals surface area contributed by atoms with E-state index in [4.69, 9.17) is 24.3 Å². The van der Waals surface area contributed by atoms with Gasteiger partial charge in [-0.05, 0) is 25.1 Å². The number of hydrogen-bond acceptors (Lipinski definition) is 9. The predicted octanol–water partition coefficient (Wildman–Crippen LogP) is 4.72. The standard InChI is InChI=1S/C30H29F2N7O3/c1-2-40-20-13-24(31)23(25(32)14-20)17-39-26-6-4-3-5-22(26)28(38-39)30-35-16-27(42-18-21-15-34-11-12-41-21)29(37-30)36-19-7-9-33-10-8-19/h3-10,13-14,16,21,34H,2,11-12,15,17-18H2,1H3,(H,33,35,36,37). The Bertz CT molecular complexity index is 1650. The quantitative estimate of drug-likeness (QED) is 0.245. The van der Waals surface area contributed by atoms with Gasteiger partial charge < -0.3 is 24.8 Å². The number of ether oxygens (including phenoxy) is 3. The molecule has 216 valence electrons. The fraction of sp³-hybridized carbons (Fsp3) is 0.267. The van der Waals surface area contributed by atoms with Crippen LogP contribution in [0.4, 0.5) is 20.3 Å². The molecule has 6 rings (SSSR count). The van der Waals surface area contributed by atoms with Crippen LogP contribution in [0, 0.1) is 11.6 Å². The summed E-state index contributed by atoms with van der Waals surface area (Å²) in [4.78, 5) is 13.4. The van der Waals surface area contributed by atoms with Crippen LogP contribution in [-0.4, -0.2) is 63.7 Å². The molecule has 1 saturated heterocycles. The largest absolute Gasteiger partial charge is 0.494 e. The van der Waals surface area contributed by atoms with Gasteiger partial charge in [0.1, 0.15) is 35.8 Å². The van der Waals surface area contributed by atoms with E-state index >= 15 is 0 Å². The summed E-state index contributed by atoms with van der Waals surface area (Å²) in [7, 11) is 0. The minimum absolute atomic E-state index is 0.102. The van der Waals surface area contributed by atoms with Crippen LogP contribution in [0.25, 0.3) is 22.4 Å². The molecule has 42 heavy (non-hydrogen) atoms. The zero-order valence-electron chi connectivity index (χ0n) is 22.9. The zero-order valence-corrected chi connectivity index (χ0v) is 22.9. The van der Waals surface area contributed by atoms with Crippen molar-refractivity contribution in [3.05, 3.63) is 84.3 Å². The van der Waals surface area contributed by atoms with Crippen LogP contribution in [0.3, 0.4) is 0 Å². The summed E-state index contributed by atoms with van der Waals surface area (Å²) in [5, 5.41) is 12.0. The lowest BCUT2D eigenvalue weighted by Crippen LogP contribution is -2.41. The van der Waals surface area contributed by atoms with Crippen molar-refractivity contribution in [2.75, 3.05) is 38.2 Å². The highest BCUT2D eigenvalue weighted by atomic mass is 19.1. The first-order chi connectivity index (χ1) is 20.6. The summed E-state index contributed by atoms with van der Waals surface area (Å²) < 4.78 is 48.5. The van der Waals surface area contributed by atoms with E-state index < -0.39 is 11.6 Å². The number of hydrogen-bond donors (Lipinski definition) is 2. The molecule has 2 aromatic carbocycles. The van der Waals surface area contributed by atoms with Crippen molar-refractivity contribution >= 4 is 22.4 Å². The summed E-state index contributed by atoms with van der Waals surface area (Å²) >= 11 is 0. The van der Waals surface area contributed by atoms with Gasteiger partial charge >= 0.3 is 0 Å². The Kier molecular flexibility index (Phi) is 8.15. The third kappa shape index (κ3) is 5.99. The smallest absolute Gasteiger partial charge is 0.183 e. The van der Waals surface area contributed by atoms with Gasteiger partial charge in [0, 0.05) is 54.3 Å². The molecule has 1 fully saturated rings. The van der Waals surface area contributed by atoms with E-state index in [0.29, 0.717) is 55.0 Å². The number of anilines is 2. The van der Waals surface area contributed by atoms with Gasteiger partial charge in [-0.3, -0.25) is 9.67 Å². The van der Waals surface area contributed by atoms with Crippen molar-refractivity contribution in [3.8, 4) is 23.0 Å². The minimum atomic E-state index is -0.710. The highest BCUT2D eigenvalue weighted by Gasteiger charge is 2.21. The molecule has 2 N–H and O–H groups in total. The number of para-hydroxylation sites is 1. The van der Waals surface area contributed by atoms with Crippen LogP contribution in [-0.2, 0) is 11.3 Å². The maximum atomic E-state index is 14.9. The molecule has 0 radical (unpaired) electrons. The summed E-state index contributed by atoms with van der Waals surface area (Å²) in [6.45, 7) is 4.35. The Hall–Kier alpha value is -4.68. The lowest BCUT2D eigenvalue weighted by Gasteiger charge is -2.24. The fourth-order valence-electron chi connectivity index (χ4n) is 4.71. The van der Waals surface area contributed by atoms with Gasteiger partial charge in [0.15, 0.2) is 17.4 Å². The number of pyridine rings is 1. The van der Waals surface area contributed by atoms with Gasteiger partial charge in [-0.2, -0.15) is 5.10 Å². The zero-order chi connectivity index (χ0) is 28.9. The Morgan fingerprint density at radius 1 is 1.10 bits per heavy atom. The Balaban J connectivity index is 1.35. The summed E-state index contributed by atoms with van der Waals surface area (Å²) in [5.74, 6) is -0.101. The highest BCUT2D eigenvalue weighted by molar-refractivity contribution is 5.92. The van der Waals surface area contributed by atoms with Gasteiger partial charge in [0.2, 0.25) is 0 Å². The number of morpholine rings is 1. The first-order valence-electron chi connectivity index (χ1n) is 13.6. The van der Waals surface area contributed by atoms with Crippen molar-refractivity contribution in [3.63, 3.8) is 0 Å². The second kappa shape index (κ2) is 12.5. The second-order valence-corrected chi connectivity index (χ2v) is 9.60. The number of fused-ring (bicyclic) bond motifs is 1. The molecule has 1 atom stereocenters. The molecular formula is C30H29F2N7O3. The van der Waals surface area contributed by atoms with E-state index in [1.165, 1.54) is 12.1 Å². The van der Waals surface area contributed by atoms with E-state index in [1.54, 1.807) is 30.2 Å². The van der Waals surface area contributed by atoms with E-state index in [-0.39, 0.29) is 24.0 Å². The monoisotopic (exact) mass is 573 g/mol. The van der Waals surface area contributed by atoms with Gasteiger partial charge in [0.05, 0.1) is 31.5 Å². The summed E-state index contributed by atoms with van der Waals surface area (Å²) in [5.41, 5.74) is 1.77. The lowest BCUT2D eigenvalue weighted by molar-refractivity contribution is 0.000228. The maximum Gasteiger partial charge on any atom is 0.183 e. The Morgan fingerprint density at radius 2 is 1.90 bits per heavy atom. The van der Waals surface area contributed by atoms with Crippen molar-refractivity contribution in [1.82, 2.24) is 30.0 Å². The van der Waals surface area contributed by atoms with Gasteiger partial charge in [0.25, 0.3) is 0 Å². The number of benzene rings is 2. The predicted molar refractivity (Wildman–Crippen MR) is 153 cm³/mol. The fourth-order valence-corrected chi connectivity index (χ4v) is 4.71. The number of rotatable bonds is 10. The molecule has 1 unspecified atom stereocenters. The molecule has 1 aliphatic rings. The molecule has 12 heteroatoms. The van der Waals surface area contributed by atoms with Crippen molar-refractivity contribution in [1.29, 1.82) is 0 Å². The molecule has 10 nitrogen and oxygen atoms in total. The molecule has 0 saturated carbocycles. The molecule has 4 heterocycles. The van der Waals surface area contributed by atoms with Gasteiger partial charge in [-0.15, -0.1) is 0 Å². The maximum absolute atomic E-state index is 14.9. The first kappa shape index (κ1) is 27.5. The van der Waals surface area contributed by atoms with Crippen LogP contribution in [0.5, 0.6) is 11.5 Å². The number of aromatic nitrogens is 5. The average Bonchev–Trinajstić information content (AvgIpc) is 3.38. The van der Waals surface area contributed by atoms with Crippen molar-refractivity contribution in [2.24, 2.45) is 0 Å². The lowest BCUT2D eigenvalue weighted by atomic mass is 10.1. The molecular weight excluding hydrogens is 544 g/mol. The van der Waals surface area contributed by atoms with Crippen molar-refractivity contribution in [2.45, 2.75) is 19.6 Å². The Morgan fingerprint density at radius 3 is 2.67 bits per heavy atom. The average molecular weight is 574 g/mol. The van der Waals surface area contributed by atoms with Crippen molar-refractivity contribution < 1.29 is 23.0 Å². The normalized spacial score (nSPS) is 15.1. The van der Waals surface area contributed by atoms with E-state index in [0.717, 1.165) is 17.6 Å². The molecule has 0 aliphatic carbocycles. The summed E-state index contributed by atoms with van der Waals surface area (Å²) in [6.07, 6.45) is 4.82. The van der Waals surface area contributed by atoms with Crippen LogP contribution >= 0.6 is 0 Å². The van der Waals surface area contributed by atoms with Crippen LogP contribution in [0.1, 0.15) is 12.5 Å². The molecule has 0 spiro atoms.